The van der Waals surface area contributed by atoms with Crippen molar-refractivity contribution in [3.63, 3.8) is 0 Å². The first-order valence-corrected chi connectivity index (χ1v) is 6.06. The molecule has 0 bridgehead atoms. The first-order valence-electron chi connectivity index (χ1n) is 6.06. The zero-order valence-electron chi connectivity index (χ0n) is 10.7. The van der Waals surface area contributed by atoms with Crippen LogP contribution in [0.2, 0.25) is 0 Å². The van der Waals surface area contributed by atoms with Crippen LogP contribution in [0, 0.1) is 0 Å². The molecule has 1 aromatic carbocycles. The first-order chi connectivity index (χ1) is 9.31. The molecule has 0 unspecified atom stereocenters. The van der Waals surface area contributed by atoms with Crippen molar-refractivity contribution in [2.24, 2.45) is 0 Å². The largest absolute Gasteiger partial charge is 0.367 e. The lowest BCUT2D eigenvalue weighted by Gasteiger charge is -2.15. The minimum Gasteiger partial charge on any atom is -0.367 e. The third-order valence-corrected chi connectivity index (χ3v) is 2.75. The van der Waals surface area contributed by atoms with Crippen LogP contribution in [0.25, 0.3) is 0 Å². The number of methoxy groups -OCH3 is 1. The summed E-state index contributed by atoms with van der Waals surface area (Å²) in [5, 5.41) is 2.82. The van der Waals surface area contributed by atoms with E-state index < -0.39 is 6.10 Å². The zero-order chi connectivity index (χ0) is 13.5. The molecule has 0 aliphatic heterocycles. The van der Waals surface area contributed by atoms with E-state index in [-0.39, 0.29) is 5.91 Å². The summed E-state index contributed by atoms with van der Waals surface area (Å²) in [5.74, 6) is -0.167. The van der Waals surface area contributed by atoms with Gasteiger partial charge in [0.15, 0.2) is 6.10 Å². The summed E-state index contributed by atoms with van der Waals surface area (Å²) in [6, 6.07) is 15.0. The van der Waals surface area contributed by atoms with Crippen molar-refractivity contribution in [2.75, 3.05) is 7.11 Å². The average Bonchev–Trinajstić information content (AvgIpc) is 2.48. The second kappa shape index (κ2) is 6.66. The number of carbonyl (C=O) groups excluding carboxylic acids is 1. The maximum absolute atomic E-state index is 12.1. The molecule has 0 saturated carbocycles. The number of rotatable bonds is 5. The number of pyridine rings is 1. The molecule has 2 aromatic rings. The van der Waals surface area contributed by atoms with E-state index >= 15 is 0 Å². The summed E-state index contributed by atoms with van der Waals surface area (Å²) in [4.78, 5) is 16.2. The number of nitrogens with zero attached hydrogens (tertiary/aromatic N) is 1. The molecule has 4 nitrogen and oxygen atoms in total. The number of amides is 1. The molecule has 1 amide bonds. The molecule has 1 heterocycles. The van der Waals surface area contributed by atoms with Gasteiger partial charge in [0, 0.05) is 13.3 Å². The highest BCUT2D eigenvalue weighted by molar-refractivity contribution is 5.82. The van der Waals surface area contributed by atoms with E-state index in [1.807, 2.05) is 48.5 Å². The smallest absolute Gasteiger partial charge is 0.254 e. The van der Waals surface area contributed by atoms with Gasteiger partial charge in [0.2, 0.25) is 0 Å². The van der Waals surface area contributed by atoms with E-state index in [0.717, 1.165) is 11.3 Å². The Morgan fingerprint density at radius 1 is 1.21 bits per heavy atom. The molecule has 0 fully saturated rings. The van der Waals surface area contributed by atoms with E-state index in [9.17, 15) is 4.79 Å². The fourth-order valence-corrected chi connectivity index (χ4v) is 1.80. The lowest BCUT2D eigenvalue weighted by molar-refractivity contribution is -0.131. The van der Waals surface area contributed by atoms with E-state index in [1.165, 1.54) is 7.11 Å². The number of nitrogens with one attached hydrogen (secondary N) is 1. The first kappa shape index (κ1) is 13.2. The van der Waals surface area contributed by atoms with Crippen LogP contribution in [0.3, 0.4) is 0 Å². The number of carbonyl (C=O) groups is 1. The van der Waals surface area contributed by atoms with Gasteiger partial charge in [0.25, 0.3) is 5.91 Å². The normalized spacial score (nSPS) is 11.8. The monoisotopic (exact) mass is 256 g/mol. The third-order valence-electron chi connectivity index (χ3n) is 2.75. The quantitative estimate of drug-likeness (QED) is 0.891. The van der Waals surface area contributed by atoms with Crippen molar-refractivity contribution < 1.29 is 9.53 Å². The predicted octanol–water partition coefficient (Wildman–Crippen LogP) is 2.09. The molecule has 19 heavy (non-hydrogen) atoms. The Bertz CT molecular complexity index is 514. The molecule has 0 radical (unpaired) electrons. The molecule has 98 valence electrons. The van der Waals surface area contributed by atoms with Crippen LogP contribution < -0.4 is 5.32 Å². The highest BCUT2D eigenvalue weighted by atomic mass is 16.5. The number of hydrogen-bond acceptors (Lipinski definition) is 3. The van der Waals surface area contributed by atoms with Crippen LogP contribution in [0.15, 0.2) is 54.7 Å². The van der Waals surface area contributed by atoms with Crippen molar-refractivity contribution >= 4 is 5.91 Å². The van der Waals surface area contributed by atoms with Gasteiger partial charge in [-0.3, -0.25) is 9.78 Å². The Hall–Kier alpha value is -2.20. The van der Waals surface area contributed by atoms with Crippen molar-refractivity contribution in [3.8, 4) is 0 Å². The fourth-order valence-electron chi connectivity index (χ4n) is 1.80. The Kier molecular flexibility index (Phi) is 4.64. The molecular formula is C15H16N2O2. The van der Waals surface area contributed by atoms with E-state index in [1.54, 1.807) is 6.20 Å². The van der Waals surface area contributed by atoms with Crippen molar-refractivity contribution in [1.82, 2.24) is 10.3 Å². The van der Waals surface area contributed by atoms with Crippen molar-refractivity contribution in [1.29, 1.82) is 0 Å². The molecule has 0 spiro atoms. The lowest BCUT2D eigenvalue weighted by Crippen LogP contribution is -2.30. The van der Waals surface area contributed by atoms with Gasteiger partial charge >= 0.3 is 0 Å². The standard InChI is InChI=1S/C15H16N2O2/c1-19-14(12-7-3-2-4-8-12)15(18)17-11-13-9-5-6-10-16-13/h2-10,14H,11H2,1H3,(H,17,18)/t14-/m0/s1. The second-order valence-corrected chi connectivity index (χ2v) is 4.07. The number of aromatic nitrogens is 1. The molecule has 2 rings (SSSR count). The summed E-state index contributed by atoms with van der Waals surface area (Å²) < 4.78 is 5.25. The van der Waals surface area contributed by atoms with Crippen LogP contribution >= 0.6 is 0 Å². The van der Waals surface area contributed by atoms with E-state index in [2.05, 4.69) is 10.3 Å². The van der Waals surface area contributed by atoms with Crippen LogP contribution in [0.4, 0.5) is 0 Å². The van der Waals surface area contributed by atoms with Crippen molar-refractivity contribution in [3.05, 3.63) is 66.0 Å². The van der Waals surface area contributed by atoms with Crippen LogP contribution in [-0.2, 0) is 16.1 Å². The van der Waals surface area contributed by atoms with Gasteiger partial charge in [-0.2, -0.15) is 0 Å². The van der Waals surface area contributed by atoms with Crippen molar-refractivity contribution in [2.45, 2.75) is 12.6 Å². The summed E-state index contributed by atoms with van der Waals surface area (Å²) in [6.07, 6.45) is 1.11. The zero-order valence-corrected chi connectivity index (χ0v) is 10.7. The molecule has 1 aromatic heterocycles. The van der Waals surface area contributed by atoms with Gasteiger partial charge in [0.1, 0.15) is 0 Å². The van der Waals surface area contributed by atoms with Gasteiger partial charge < -0.3 is 10.1 Å². The Morgan fingerprint density at radius 2 is 1.95 bits per heavy atom. The molecule has 0 aliphatic rings. The molecule has 4 heteroatoms. The highest BCUT2D eigenvalue weighted by Crippen LogP contribution is 2.16. The lowest BCUT2D eigenvalue weighted by atomic mass is 10.1. The summed E-state index contributed by atoms with van der Waals surface area (Å²) >= 11 is 0. The van der Waals surface area contributed by atoms with E-state index in [0.29, 0.717) is 6.54 Å². The Labute approximate surface area is 112 Å². The predicted molar refractivity (Wildman–Crippen MR) is 72.3 cm³/mol. The Morgan fingerprint density at radius 3 is 2.58 bits per heavy atom. The minimum atomic E-state index is -0.593. The minimum absolute atomic E-state index is 0.167. The SMILES string of the molecule is CO[C@H](C(=O)NCc1ccccn1)c1ccccc1. The van der Waals surface area contributed by atoms with Gasteiger partial charge in [-0.15, -0.1) is 0 Å². The maximum Gasteiger partial charge on any atom is 0.254 e. The summed E-state index contributed by atoms with van der Waals surface area (Å²) in [5.41, 5.74) is 1.65. The summed E-state index contributed by atoms with van der Waals surface area (Å²) in [7, 11) is 1.53. The fraction of sp³-hybridized carbons (Fsp3) is 0.200. The summed E-state index contributed by atoms with van der Waals surface area (Å²) in [6.45, 7) is 0.395. The molecule has 1 atom stereocenters. The topological polar surface area (TPSA) is 51.2 Å². The van der Waals surface area contributed by atoms with E-state index in [4.69, 9.17) is 4.74 Å². The maximum atomic E-state index is 12.1. The third kappa shape index (κ3) is 3.63. The van der Waals surface area contributed by atoms with Crippen LogP contribution in [0.5, 0.6) is 0 Å². The highest BCUT2D eigenvalue weighted by Gasteiger charge is 2.19. The van der Waals surface area contributed by atoms with Gasteiger partial charge in [-0.1, -0.05) is 36.4 Å². The number of ether oxygens (including phenoxy) is 1. The van der Waals surface area contributed by atoms with Gasteiger partial charge in [-0.05, 0) is 17.7 Å². The van der Waals surface area contributed by atoms with Crippen LogP contribution in [-0.4, -0.2) is 18.0 Å². The van der Waals surface area contributed by atoms with Crippen LogP contribution in [0.1, 0.15) is 17.4 Å². The average molecular weight is 256 g/mol. The van der Waals surface area contributed by atoms with Gasteiger partial charge in [0.05, 0.1) is 12.2 Å². The number of hydrogen-bond donors (Lipinski definition) is 1. The van der Waals surface area contributed by atoms with Gasteiger partial charge in [-0.25, -0.2) is 0 Å². The Balaban J connectivity index is 1.98. The molecule has 0 saturated heterocycles. The number of benzene rings is 1. The molecule has 0 aliphatic carbocycles. The molecule has 1 N–H and O–H groups in total. The molecular weight excluding hydrogens is 240 g/mol. The second-order valence-electron chi connectivity index (χ2n) is 4.07.